The second-order valence-corrected chi connectivity index (χ2v) is 7.50. The highest BCUT2D eigenvalue weighted by atomic mass is 16.5. The third kappa shape index (κ3) is 5.84. The molecule has 1 fully saturated rings. The van der Waals surface area contributed by atoms with Crippen LogP contribution in [0.25, 0.3) is 6.08 Å². The molecule has 1 saturated heterocycles. The maximum atomic E-state index is 12.5. The van der Waals surface area contributed by atoms with E-state index in [0.717, 1.165) is 37.1 Å². The van der Waals surface area contributed by atoms with Gasteiger partial charge in [0.1, 0.15) is 6.61 Å². The molecule has 1 aliphatic rings. The lowest BCUT2D eigenvalue weighted by Gasteiger charge is -2.34. The zero-order valence-corrected chi connectivity index (χ0v) is 17.5. The first kappa shape index (κ1) is 20.9. The van der Waals surface area contributed by atoms with Crippen molar-refractivity contribution in [3.8, 4) is 11.5 Å². The fraction of sp³-hybridized carbons (Fsp3) is 0.375. The summed E-state index contributed by atoms with van der Waals surface area (Å²) in [4.78, 5) is 16.7. The summed E-state index contributed by atoms with van der Waals surface area (Å²) in [5, 5.41) is 0. The summed E-state index contributed by atoms with van der Waals surface area (Å²) in [6.07, 6.45) is 5.51. The van der Waals surface area contributed by atoms with Crippen LogP contribution in [0.4, 0.5) is 0 Å². The van der Waals surface area contributed by atoms with Gasteiger partial charge in [0.05, 0.1) is 7.11 Å². The summed E-state index contributed by atoms with van der Waals surface area (Å²) >= 11 is 0. The van der Waals surface area contributed by atoms with Gasteiger partial charge >= 0.3 is 0 Å². The molecule has 154 valence electrons. The van der Waals surface area contributed by atoms with E-state index in [4.69, 9.17) is 9.47 Å². The maximum absolute atomic E-state index is 12.5. The number of amides is 1. The van der Waals surface area contributed by atoms with Crippen LogP contribution in [-0.2, 0) is 11.4 Å². The Labute approximate surface area is 173 Å². The summed E-state index contributed by atoms with van der Waals surface area (Å²) in [5.41, 5.74) is 2.00. The van der Waals surface area contributed by atoms with Crippen molar-refractivity contribution in [1.29, 1.82) is 0 Å². The number of likely N-dealkylation sites (N-methyl/N-ethyl adjacent to an activating group) is 1. The molecule has 2 aromatic rings. The van der Waals surface area contributed by atoms with Crippen molar-refractivity contribution in [3.05, 3.63) is 65.7 Å². The zero-order valence-electron chi connectivity index (χ0n) is 17.5. The van der Waals surface area contributed by atoms with Crippen molar-refractivity contribution in [3.63, 3.8) is 0 Å². The maximum Gasteiger partial charge on any atom is 0.246 e. The Balaban J connectivity index is 1.60. The molecular weight excluding hydrogens is 364 g/mol. The Morgan fingerprint density at radius 3 is 2.55 bits per heavy atom. The SMILES string of the molecule is COc1cc(/C=C\C(=O)N(C)C2CCN(C)CC2)ccc1OCc1ccccc1. The van der Waals surface area contributed by atoms with Gasteiger partial charge in [-0.1, -0.05) is 36.4 Å². The van der Waals surface area contributed by atoms with E-state index in [0.29, 0.717) is 24.1 Å². The fourth-order valence-corrected chi connectivity index (χ4v) is 3.49. The molecule has 0 saturated carbocycles. The van der Waals surface area contributed by atoms with E-state index in [1.54, 1.807) is 13.2 Å². The van der Waals surface area contributed by atoms with Crippen LogP contribution in [-0.4, -0.2) is 56.0 Å². The molecule has 5 heteroatoms. The lowest BCUT2D eigenvalue weighted by Crippen LogP contribution is -2.43. The van der Waals surface area contributed by atoms with E-state index in [2.05, 4.69) is 11.9 Å². The third-order valence-electron chi connectivity index (χ3n) is 5.43. The molecular formula is C24H30N2O3. The number of methoxy groups -OCH3 is 1. The summed E-state index contributed by atoms with van der Waals surface area (Å²) in [7, 11) is 5.64. The standard InChI is InChI=1S/C24H30N2O3/c1-25-15-13-21(14-16-25)26(2)24(27)12-10-19-9-11-22(23(17-19)28-3)29-18-20-7-5-4-6-8-20/h4-12,17,21H,13-16,18H2,1-3H3/b12-10-. The van der Waals surface area contributed by atoms with Crippen LogP contribution in [0.1, 0.15) is 24.0 Å². The van der Waals surface area contributed by atoms with E-state index in [1.807, 2.05) is 66.6 Å². The van der Waals surface area contributed by atoms with Crippen molar-refractivity contribution < 1.29 is 14.3 Å². The molecule has 0 atom stereocenters. The molecule has 0 aliphatic carbocycles. The zero-order chi connectivity index (χ0) is 20.6. The number of benzene rings is 2. The first-order chi connectivity index (χ1) is 14.1. The van der Waals surface area contributed by atoms with Crippen molar-refractivity contribution >= 4 is 12.0 Å². The lowest BCUT2D eigenvalue weighted by molar-refractivity contribution is -0.127. The average Bonchev–Trinajstić information content (AvgIpc) is 2.77. The van der Waals surface area contributed by atoms with E-state index in [1.165, 1.54) is 0 Å². The van der Waals surface area contributed by atoms with E-state index >= 15 is 0 Å². The summed E-state index contributed by atoms with van der Waals surface area (Å²) in [6, 6.07) is 16.0. The molecule has 1 amide bonds. The second kappa shape index (κ2) is 10.1. The van der Waals surface area contributed by atoms with Gasteiger partial charge in [-0.25, -0.2) is 0 Å². The van der Waals surface area contributed by atoms with Gasteiger partial charge in [0.15, 0.2) is 11.5 Å². The van der Waals surface area contributed by atoms with Crippen molar-refractivity contribution in [2.75, 3.05) is 34.3 Å². The van der Waals surface area contributed by atoms with Gasteiger partial charge in [0, 0.05) is 19.2 Å². The molecule has 5 nitrogen and oxygen atoms in total. The second-order valence-electron chi connectivity index (χ2n) is 7.50. The van der Waals surface area contributed by atoms with E-state index in [9.17, 15) is 4.79 Å². The molecule has 2 aromatic carbocycles. The van der Waals surface area contributed by atoms with E-state index in [-0.39, 0.29) is 5.91 Å². The van der Waals surface area contributed by atoms with E-state index < -0.39 is 0 Å². The predicted molar refractivity (Wildman–Crippen MR) is 116 cm³/mol. The monoisotopic (exact) mass is 394 g/mol. The van der Waals surface area contributed by atoms with Crippen molar-refractivity contribution in [1.82, 2.24) is 9.80 Å². The summed E-state index contributed by atoms with van der Waals surface area (Å²) < 4.78 is 11.4. The molecule has 0 spiro atoms. The number of nitrogens with zero attached hydrogens (tertiary/aromatic N) is 2. The smallest absolute Gasteiger partial charge is 0.246 e. The molecule has 1 heterocycles. The quantitative estimate of drug-likeness (QED) is 0.669. The number of rotatable bonds is 7. The molecule has 1 aliphatic heterocycles. The van der Waals surface area contributed by atoms with Gasteiger partial charge in [-0.3, -0.25) is 4.79 Å². The molecule has 0 radical (unpaired) electrons. The number of carbonyl (C=O) groups is 1. The predicted octanol–water partition coefficient (Wildman–Crippen LogP) is 3.84. The number of hydrogen-bond donors (Lipinski definition) is 0. The van der Waals surface area contributed by atoms with Crippen LogP contribution in [0.15, 0.2) is 54.6 Å². The minimum Gasteiger partial charge on any atom is -0.493 e. The fourth-order valence-electron chi connectivity index (χ4n) is 3.49. The molecule has 0 bridgehead atoms. The molecule has 3 rings (SSSR count). The van der Waals surface area contributed by atoms with Crippen LogP contribution in [0, 0.1) is 0 Å². The first-order valence-electron chi connectivity index (χ1n) is 10.0. The summed E-state index contributed by atoms with van der Waals surface area (Å²) in [6.45, 7) is 2.55. The first-order valence-corrected chi connectivity index (χ1v) is 10.0. The number of hydrogen-bond acceptors (Lipinski definition) is 4. The van der Waals surface area contributed by atoms with Crippen LogP contribution in [0.2, 0.25) is 0 Å². The molecule has 0 unspecified atom stereocenters. The third-order valence-corrected chi connectivity index (χ3v) is 5.43. The minimum atomic E-state index is 0.0305. The van der Waals surface area contributed by atoms with Crippen LogP contribution >= 0.6 is 0 Å². The number of ether oxygens (including phenoxy) is 2. The van der Waals surface area contributed by atoms with Gasteiger partial charge < -0.3 is 19.3 Å². The largest absolute Gasteiger partial charge is 0.493 e. The molecule has 0 aromatic heterocycles. The summed E-state index contributed by atoms with van der Waals surface area (Å²) in [5.74, 6) is 1.37. The highest BCUT2D eigenvalue weighted by molar-refractivity contribution is 5.91. The Hall–Kier alpha value is -2.79. The highest BCUT2D eigenvalue weighted by Gasteiger charge is 2.22. The van der Waals surface area contributed by atoms with Crippen molar-refractivity contribution in [2.24, 2.45) is 0 Å². The number of piperidine rings is 1. The minimum absolute atomic E-state index is 0.0305. The van der Waals surface area contributed by atoms with Gasteiger partial charge in [0.2, 0.25) is 5.91 Å². The Morgan fingerprint density at radius 1 is 1.14 bits per heavy atom. The lowest BCUT2D eigenvalue weighted by atomic mass is 10.0. The highest BCUT2D eigenvalue weighted by Crippen LogP contribution is 2.29. The van der Waals surface area contributed by atoms with Crippen molar-refractivity contribution in [2.45, 2.75) is 25.5 Å². The number of likely N-dealkylation sites (tertiary alicyclic amines) is 1. The van der Waals surface area contributed by atoms with Gasteiger partial charge in [0.25, 0.3) is 0 Å². The Kier molecular flexibility index (Phi) is 7.30. The van der Waals surface area contributed by atoms with Crippen LogP contribution < -0.4 is 9.47 Å². The van der Waals surface area contributed by atoms with Gasteiger partial charge in [-0.05, 0) is 62.3 Å². The topological polar surface area (TPSA) is 42.0 Å². The van der Waals surface area contributed by atoms with Gasteiger partial charge in [-0.2, -0.15) is 0 Å². The molecule has 29 heavy (non-hydrogen) atoms. The Bertz CT molecular complexity index is 827. The van der Waals surface area contributed by atoms with Gasteiger partial charge in [-0.15, -0.1) is 0 Å². The number of carbonyl (C=O) groups excluding carboxylic acids is 1. The van der Waals surface area contributed by atoms with Crippen LogP contribution in [0.5, 0.6) is 11.5 Å². The molecule has 0 N–H and O–H groups in total. The van der Waals surface area contributed by atoms with Crippen LogP contribution in [0.3, 0.4) is 0 Å². The average molecular weight is 395 g/mol. The normalized spacial score (nSPS) is 15.4. The Morgan fingerprint density at radius 2 is 1.86 bits per heavy atom.